The van der Waals surface area contributed by atoms with E-state index in [1.54, 1.807) is 12.1 Å². The highest BCUT2D eigenvalue weighted by Crippen LogP contribution is 2.34. The van der Waals surface area contributed by atoms with Crippen LogP contribution in [0.25, 0.3) is 0 Å². The molecular formula is C27H24O2. The maximum atomic E-state index is 12.5. The van der Waals surface area contributed by atoms with Crippen LogP contribution in [0.1, 0.15) is 58.6 Å². The summed E-state index contributed by atoms with van der Waals surface area (Å²) in [4.78, 5) is 12.5. The van der Waals surface area contributed by atoms with E-state index in [1.165, 1.54) is 5.56 Å². The third-order valence-corrected chi connectivity index (χ3v) is 5.46. The Morgan fingerprint density at radius 2 is 1.24 bits per heavy atom. The van der Waals surface area contributed by atoms with E-state index in [1.807, 2.05) is 42.5 Å². The van der Waals surface area contributed by atoms with Crippen LogP contribution >= 0.6 is 0 Å². The molecule has 0 spiro atoms. The summed E-state index contributed by atoms with van der Waals surface area (Å²) in [5.74, 6) is 6.59. The first-order valence-corrected chi connectivity index (χ1v) is 10.2. The van der Waals surface area contributed by atoms with Gasteiger partial charge >= 0.3 is 5.97 Å². The van der Waals surface area contributed by atoms with Crippen molar-refractivity contribution >= 4 is 5.97 Å². The van der Waals surface area contributed by atoms with Crippen LogP contribution in [-0.4, -0.2) is 12.1 Å². The summed E-state index contributed by atoms with van der Waals surface area (Å²) in [6.07, 6.45) is 3.99. The van der Waals surface area contributed by atoms with E-state index >= 15 is 0 Å². The predicted octanol–water partition coefficient (Wildman–Crippen LogP) is 5.97. The van der Waals surface area contributed by atoms with E-state index in [0.29, 0.717) is 11.5 Å². The van der Waals surface area contributed by atoms with Gasteiger partial charge in [-0.05, 0) is 73.6 Å². The Balaban J connectivity index is 1.31. The van der Waals surface area contributed by atoms with Crippen molar-refractivity contribution in [3.05, 3.63) is 107 Å². The summed E-state index contributed by atoms with van der Waals surface area (Å²) in [7, 11) is 0. The van der Waals surface area contributed by atoms with E-state index in [2.05, 4.69) is 42.2 Å². The Labute approximate surface area is 172 Å². The lowest BCUT2D eigenvalue weighted by Gasteiger charge is -2.28. The topological polar surface area (TPSA) is 26.3 Å². The molecule has 1 aliphatic carbocycles. The number of hydrogen-bond donors (Lipinski definition) is 0. The number of carbonyl (C=O) groups excluding carboxylic acids is 1. The quantitative estimate of drug-likeness (QED) is 0.413. The minimum absolute atomic E-state index is 0.0139. The average molecular weight is 380 g/mol. The normalized spacial score (nSPS) is 18.3. The first kappa shape index (κ1) is 19.0. The number of carbonyl (C=O) groups is 1. The third kappa shape index (κ3) is 5.15. The van der Waals surface area contributed by atoms with Gasteiger partial charge in [-0.2, -0.15) is 0 Å². The Bertz CT molecular complexity index is 987. The van der Waals surface area contributed by atoms with Crippen LogP contribution in [0.3, 0.4) is 0 Å². The summed E-state index contributed by atoms with van der Waals surface area (Å²) in [5.41, 5.74) is 3.83. The highest BCUT2D eigenvalue weighted by Gasteiger charge is 2.25. The molecular weight excluding hydrogens is 356 g/mol. The number of benzene rings is 3. The van der Waals surface area contributed by atoms with E-state index in [9.17, 15) is 4.79 Å². The highest BCUT2D eigenvalue weighted by atomic mass is 16.5. The molecule has 0 atom stereocenters. The van der Waals surface area contributed by atoms with Gasteiger partial charge in [-0.3, -0.25) is 0 Å². The van der Waals surface area contributed by atoms with Gasteiger partial charge < -0.3 is 4.74 Å². The lowest BCUT2D eigenvalue weighted by molar-refractivity contribution is 0.0195. The maximum Gasteiger partial charge on any atom is 0.338 e. The van der Waals surface area contributed by atoms with Crippen molar-refractivity contribution in [1.29, 1.82) is 0 Å². The Hall–Kier alpha value is -3.31. The van der Waals surface area contributed by atoms with Gasteiger partial charge in [0.2, 0.25) is 0 Å². The Kier molecular flexibility index (Phi) is 6.07. The molecule has 1 saturated carbocycles. The maximum absolute atomic E-state index is 12.5. The monoisotopic (exact) mass is 380 g/mol. The van der Waals surface area contributed by atoms with Gasteiger partial charge in [0.05, 0.1) is 5.56 Å². The van der Waals surface area contributed by atoms with Gasteiger partial charge in [0.1, 0.15) is 6.10 Å². The lowest BCUT2D eigenvalue weighted by atomic mass is 9.83. The van der Waals surface area contributed by atoms with Crippen molar-refractivity contribution in [1.82, 2.24) is 0 Å². The zero-order valence-corrected chi connectivity index (χ0v) is 16.4. The van der Waals surface area contributed by atoms with Crippen molar-refractivity contribution in [3.63, 3.8) is 0 Å². The van der Waals surface area contributed by atoms with Crippen molar-refractivity contribution in [2.75, 3.05) is 0 Å². The van der Waals surface area contributed by atoms with Crippen LogP contribution in [0.2, 0.25) is 0 Å². The molecule has 144 valence electrons. The average Bonchev–Trinajstić information content (AvgIpc) is 2.80. The second-order valence-electron chi connectivity index (χ2n) is 7.48. The lowest BCUT2D eigenvalue weighted by Crippen LogP contribution is -2.23. The number of hydrogen-bond acceptors (Lipinski definition) is 2. The number of ether oxygens (including phenoxy) is 1. The molecule has 2 heteroatoms. The molecule has 1 aliphatic rings. The fourth-order valence-corrected chi connectivity index (χ4v) is 3.81. The summed E-state index contributed by atoms with van der Waals surface area (Å²) in [5, 5.41) is 0. The first-order valence-electron chi connectivity index (χ1n) is 10.2. The van der Waals surface area contributed by atoms with Crippen molar-refractivity contribution in [3.8, 4) is 11.8 Å². The van der Waals surface area contributed by atoms with E-state index in [0.717, 1.165) is 36.8 Å². The van der Waals surface area contributed by atoms with Crippen molar-refractivity contribution in [2.24, 2.45) is 0 Å². The predicted molar refractivity (Wildman–Crippen MR) is 116 cm³/mol. The smallest absolute Gasteiger partial charge is 0.338 e. The molecule has 0 amide bonds. The molecule has 4 rings (SSSR count). The zero-order chi connectivity index (χ0) is 19.9. The SMILES string of the molecule is O=C(OC1CCC(c2ccccc2)CC1)c1ccc(C#Cc2ccccc2)cc1. The van der Waals surface area contributed by atoms with Crippen LogP contribution in [0.15, 0.2) is 84.9 Å². The molecule has 0 unspecified atom stereocenters. The van der Waals surface area contributed by atoms with Gasteiger partial charge in [-0.25, -0.2) is 4.79 Å². The molecule has 0 saturated heterocycles. The summed E-state index contributed by atoms with van der Waals surface area (Å²) >= 11 is 0. The van der Waals surface area contributed by atoms with Crippen LogP contribution < -0.4 is 0 Å². The molecule has 0 aliphatic heterocycles. The number of esters is 1. The molecule has 1 fully saturated rings. The van der Waals surface area contributed by atoms with Crippen LogP contribution in [0.4, 0.5) is 0 Å². The minimum atomic E-state index is -0.240. The molecule has 2 nitrogen and oxygen atoms in total. The van der Waals surface area contributed by atoms with E-state index in [-0.39, 0.29) is 12.1 Å². The molecule has 0 bridgehead atoms. The van der Waals surface area contributed by atoms with Gasteiger partial charge in [-0.15, -0.1) is 0 Å². The van der Waals surface area contributed by atoms with Gasteiger partial charge in [-0.1, -0.05) is 60.4 Å². The molecule has 29 heavy (non-hydrogen) atoms. The molecule has 0 N–H and O–H groups in total. The summed E-state index contributed by atoms with van der Waals surface area (Å²) in [6.45, 7) is 0. The fourth-order valence-electron chi connectivity index (χ4n) is 3.81. The van der Waals surface area contributed by atoms with Crippen LogP contribution in [0, 0.1) is 11.8 Å². The second-order valence-corrected chi connectivity index (χ2v) is 7.48. The standard InChI is InChI=1S/C27H24O2/c28-27(29-26-19-17-24(18-20-26)23-9-5-2-6-10-23)25-15-13-22(14-16-25)12-11-21-7-3-1-4-8-21/h1-10,13-16,24,26H,17-20H2. The largest absolute Gasteiger partial charge is 0.459 e. The van der Waals surface area contributed by atoms with E-state index in [4.69, 9.17) is 4.74 Å². The van der Waals surface area contributed by atoms with Crippen molar-refractivity contribution in [2.45, 2.75) is 37.7 Å². The Morgan fingerprint density at radius 3 is 1.86 bits per heavy atom. The molecule has 0 radical (unpaired) electrons. The van der Waals surface area contributed by atoms with Gasteiger partial charge in [0, 0.05) is 11.1 Å². The minimum Gasteiger partial charge on any atom is -0.459 e. The third-order valence-electron chi connectivity index (χ3n) is 5.46. The van der Waals surface area contributed by atoms with Gasteiger partial charge in [0.25, 0.3) is 0 Å². The Morgan fingerprint density at radius 1 is 0.690 bits per heavy atom. The fraction of sp³-hybridized carbons (Fsp3) is 0.222. The molecule has 0 heterocycles. The van der Waals surface area contributed by atoms with Crippen LogP contribution in [0.5, 0.6) is 0 Å². The molecule has 3 aromatic rings. The van der Waals surface area contributed by atoms with Crippen LogP contribution in [-0.2, 0) is 4.74 Å². The summed E-state index contributed by atoms with van der Waals surface area (Å²) < 4.78 is 5.76. The molecule has 0 aromatic heterocycles. The first-order chi connectivity index (χ1) is 14.3. The van der Waals surface area contributed by atoms with E-state index < -0.39 is 0 Å². The van der Waals surface area contributed by atoms with Crippen molar-refractivity contribution < 1.29 is 9.53 Å². The zero-order valence-electron chi connectivity index (χ0n) is 16.4. The highest BCUT2D eigenvalue weighted by molar-refractivity contribution is 5.89. The molecule has 3 aromatic carbocycles. The second kappa shape index (κ2) is 9.26. The van der Waals surface area contributed by atoms with Gasteiger partial charge in [0.15, 0.2) is 0 Å². The number of rotatable bonds is 3. The summed E-state index contributed by atoms with van der Waals surface area (Å²) in [6, 6.07) is 27.8.